The predicted octanol–water partition coefficient (Wildman–Crippen LogP) is 1.00. The van der Waals surface area contributed by atoms with Gasteiger partial charge in [0.25, 0.3) is 5.56 Å². The number of hydrogen-bond donors (Lipinski definition) is 1. The van der Waals surface area contributed by atoms with Crippen molar-refractivity contribution in [2.75, 3.05) is 11.9 Å². The van der Waals surface area contributed by atoms with E-state index < -0.39 is 0 Å². The maximum Gasteiger partial charge on any atom is 0.332 e. The van der Waals surface area contributed by atoms with Crippen LogP contribution in [0.3, 0.4) is 0 Å². The average molecular weight is 293 g/mol. The van der Waals surface area contributed by atoms with Gasteiger partial charge < -0.3 is 9.88 Å². The minimum atomic E-state index is -0.315. The molecule has 0 radical (unpaired) electrons. The standard InChI is InChI=1S/C14H23N5O2/c1-6-15-13-16-11-10(18(13)7-2)12(20)17(5)14(21)19(11)8-9(3)4/h9H,6-8H2,1-5H3,(H,15,16). The van der Waals surface area contributed by atoms with Crippen LogP contribution in [0.1, 0.15) is 27.7 Å². The zero-order chi connectivity index (χ0) is 15.7. The third-order valence-corrected chi connectivity index (χ3v) is 3.43. The topological polar surface area (TPSA) is 73.8 Å². The van der Waals surface area contributed by atoms with E-state index in [1.807, 2.05) is 32.3 Å². The van der Waals surface area contributed by atoms with Crippen LogP contribution in [-0.4, -0.2) is 25.2 Å². The molecule has 0 aromatic carbocycles. The third kappa shape index (κ3) is 2.48. The van der Waals surface area contributed by atoms with E-state index in [-0.39, 0.29) is 17.2 Å². The molecule has 2 aromatic rings. The number of hydrogen-bond acceptors (Lipinski definition) is 4. The SMILES string of the molecule is CCNc1nc2c(c(=O)n(C)c(=O)n2CC(C)C)n1CC. The first-order valence-electron chi connectivity index (χ1n) is 7.36. The van der Waals surface area contributed by atoms with Gasteiger partial charge in [0.15, 0.2) is 11.2 Å². The normalized spacial score (nSPS) is 11.5. The second kappa shape index (κ2) is 5.75. The molecule has 1 N–H and O–H groups in total. The summed E-state index contributed by atoms with van der Waals surface area (Å²) in [6.07, 6.45) is 0. The molecule has 2 aromatic heterocycles. The molecule has 2 heterocycles. The molecule has 0 unspecified atom stereocenters. The summed E-state index contributed by atoms with van der Waals surface area (Å²) in [5, 5.41) is 3.15. The van der Waals surface area contributed by atoms with Gasteiger partial charge in [-0.2, -0.15) is 4.98 Å². The van der Waals surface area contributed by atoms with Crippen molar-refractivity contribution >= 4 is 17.1 Å². The van der Waals surface area contributed by atoms with Gasteiger partial charge in [0.1, 0.15) is 0 Å². The molecule has 0 saturated heterocycles. The quantitative estimate of drug-likeness (QED) is 0.892. The highest BCUT2D eigenvalue weighted by molar-refractivity contribution is 5.74. The predicted molar refractivity (Wildman–Crippen MR) is 83.9 cm³/mol. The first-order chi connectivity index (χ1) is 9.92. The van der Waals surface area contributed by atoms with Crippen LogP contribution >= 0.6 is 0 Å². The molecule has 7 heteroatoms. The van der Waals surface area contributed by atoms with Crippen molar-refractivity contribution in [1.29, 1.82) is 0 Å². The lowest BCUT2D eigenvalue weighted by atomic mass is 10.2. The van der Waals surface area contributed by atoms with Gasteiger partial charge >= 0.3 is 5.69 Å². The van der Waals surface area contributed by atoms with Gasteiger partial charge in [0.2, 0.25) is 5.95 Å². The Kier molecular flexibility index (Phi) is 4.20. The van der Waals surface area contributed by atoms with E-state index in [1.165, 1.54) is 7.05 Å². The zero-order valence-electron chi connectivity index (χ0n) is 13.3. The summed E-state index contributed by atoms with van der Waals surface area (Å²) in [6.45, 7) is 9.86. The second-order valence-corrected chi connectivity index (χ2v) is 5.53. The molecule has 116 valence electrons. The van der Waals surface area contributed by atoms with Crippen molar-refractivity contribution in [2.24, 2.45) is 13.0 Å². The van der Waals surface area contributed by atoms with Crippen LogP contribution in [0.25, 0.3) is 11.2 Å². The van der Waals surface area contributed by atoms with E-state index >= 15 is 0 Å². The minimum absolute atomic E-state index is 0.290. The van der Waals surface area contributed by atoms with Gasteiger partial charge in [-0.3, -0.25) is 13.9 Å². The molecule has 0 amide bonds. The molecule has 0 aliphatic carbocycles. The molecule has 0 fully saturated rings. The van der Waals surface area contributed by atoms with E-state index in [2.05, 4.69) is 10.3 Å². The fourth-order valence-electron chi connectivity index (χ4n) is 2.49. The first-order valence-corrected chi connectivity index (χ1v) is 7.36. The number of rotatable bonds is 5. The highest BCUT2D eigenvalue weighted by atomic mass is 16.2. The Bertz CT molecular complexity index is 766. The molecule has 0 atom stereocenters. The Morgan fingerprint density at radius 3 is 2.38 bits per heavy atom. The minimum Gasteiger partial charge on any atom is -0.356 e. The monoisotopic (exact) mass is 293 g/mol. The largest absolute Gasteiger partial charge is 0.356 e. The van der Waals surface area contributed by atoms with Crippen molar-refractivity contribution < 1.29 is 0 Å². The van der Waals surface area contributed by atoms with Crippen molar-refractivity contribution in [1.82, 2.24) is 18.7 Å². The van der Waals surface area contributed by atoms with Gasteiger partial charge in [0.05, 0.1) is 0 Å². The van der Waals surface area contributed by atoms with Gasteiger partial charge in [-0.25, -0.2) is 4.79 Å². The van der Waals surface area contributed by atoms with Gasteiger partial charge in [-0.15, -0.1) is 0 Å². The van der Waals surface area contributed by atoms with Crippen molar-refractivity contribution in [3.05, 3.63) is 20.8 Å². The lowest BCUT2D eigenvalue weighted by Gasteiger charge is -2.11. The van der Waals surface area contributed by atoms with Crippen LogP contribution in [0, 0.1) is 5.92 Å². The zero-order valence-corrected chi connectivity index (χ0v) is 13.3. The molecular weight excluding hydrogens is 270 g/mol. The number of nitrogens with one attached hydrogen (secondary N) is 1. The maximum absolute atomic E-state index is 12.4. The Labute approximate surface area is 123 Å². The van der Waals surface area contributed by atoms with Gasteiger partial charge in [0, 0.05) is 26.7 Å². The second-order valence-electron chi connectivity index (χ2n) is 5.53. The van der Waals surface area contributed by atoms with Crippen LogP contribution in [0.4, 0.5) is 5.95 Å². The summed E-state index contributed by atoms with van der Waals surface area (Å²) in [7, 11) is 1.51. The van der Waals surface area contributed by atoms with Crippen molar-refractivity contribution in [2.45, 2.75) is 40.8 Å². The number of nitrogens with zero attached hydrogens (tertiary/aromatic N) is 4. The van der Waals surface area contributed by atoms with Crippen LogP contribution in [0.15, 0.2) is 9.59 Å². The fraction of sp³-hybridized carbons (Fsp3) is 0.643. The third-order valence-electron chi connectivity index (χ3n) is 3.43. The summed E-state index contributed by atoms with van der Waals surface area (Å²) < 4.78 is 4.58. The molecule has 0 saturated carbocycles. The van der Waals surface area contributed by atoms with E-state index in [9.17, 15) is 9.59 Å². The number of fused-ring (bicyclic) bond motifs is 1. The maximum atomic E-state index is 12.4. The van der Waals surface area contributed by atoms with Crippen LogP contribution in [-0.2, 0) is 20.1 Å². The Morgan fingerprint density at radius 2 is 1.86 bits per heavy atom. The summed E-state index contributed by atoms with van der Waals surface area (Å²) in [5.41, 5.74) is 0.337. The summed E-state index contributed by atoms with van der Waals surface area (Å²) in [6, 6.07) is 0. The van der Waals surface area contributed by atoms with Crippen molar-refractivity contribution in [3.8, 4) is 0 Å². The molecular formula is C14H23N5O2. The number of aromatic nitrogens is 4. The smallest absolute Gasteiger partial charge is 0.332 e. The van der Waals surface area contributed by atoms with E-state index in [1.54, 1.807) is 4.57 Å². The highest BCUT2D eigenvalue weighted by Gasteiger charge is 2.19. The molecule has 0 aliphatic heterocycles. The molecule has 0 bridgehead atoms. The Morgan fingerprint density at radius 1 is 1.19 bits per heavy atom. The first kappa shape index (κ1) is 15.3. The Hall–Kier alpha value is -2.05. The highest BCUT2D eigenvalue weighted by Crippen LogP contribution is 2.16. The molecule has 0 spiro atoms. The van der Waals surface area contributed by atoms with E-state index in [0.29, 0.717) is 36.7 Å². The summed E-state index contributed by atoms with van der Waals surface area (Å²) in [5.74, 6) is 0.924. The average Bonchev–Trinajstić information content (AvgIpc) is 2.79. The number of imidazole rings is 1. The lowest BCUT2D eigenvalue weighted by molar-refractivity contribution is 0.500. The number of aryl methyl sites for hydroxylation is 1. The Balaban J connectivity index is 2.90. The van der Waals surface area contributed by atoms with Gasteiger partial charge in [-0.05, 0) is 19.8 Å². The molecule has 7 nitrogen and oxygen atoms in total. The van der Waals surface area contributed by atoms with Crippen molar-refractivity contribution in [3.63, 3.8) is 0 Å². The molecule has 2 rings (SSSR count). The van der Waals surface area contributed by atoms with E-state index in [4.69, 9.17) is 0 Å². The lowest BCUT2D eigenvalue weighted by Crippen LogP contribution is -2.39. The van der Waals surface area contributed by atoms with Crippen LogP contribution in [0.2, 0.25) is 0 Å². The summed E-state index contributed by atoms with van der Waals surface area (Å²) in [4.78, 5) is 29.3. The van der Waals surface area contributed by atoms with Gasteiger partial charge in [-0.1, -0.05) is 13.8 Å². The molecule has 0 aliphatic rings. The van der Waals surface area contributed by atoms with Crippen LogP contribution in [0.5, 0.6) is 0 Å². The van der Waals surface area contributed by atoms with E-state index in [0.717, 1.165) is 4.57 Å². The van der Waals surface area contributed by atoms with Crippen LogP contribution < -0.4 is 16.6 Å². The fourth-order valence-corrected chi connectivity index (χ4v) is 2.49. The molecule has 21 heavy (non-hydrogen) atoms. The summed E-state index contributed by atoms with van der Waals surface area (Å²) >= 11 is 0. The number of anilines is 1.